The van der Waals surface area contributed by atoms with Gasteiger partial charge in [-0.2, -0.15) is 0 Å². The van der Waals surface area contributed by atoms with E-state index in [1.165, 1.54) is 6.92 Å². The van der Waals surface area contributed by atoms with Gasteiger partial charge in [-0.3, -0.25) is 14.4 Å². The maximum absolute atomic E-state index is 13.5. The number of aliphatic hydroxyl groups excluding tert-OH is 30. The first-order chi connectivity index (χ1) is 60.6. The molecule has 57 nitrogen and oxygen atoms in total. The molecule has 57 heteroatoms. The molecule has 0 bridgehead atoms. The quantitative estimate of drug-likeness (QED) is 0.0297. The Hall–Kier alpha value is -3.63. The number of hydrogen-bond acceptors (Lipinski definition) is 54. The molecule has 11 fully saturated rings. The van der Waals surface area contributed by atoms with Crippen LogP contribution in [-0.2, 0) is 114 Å². The first kappa shape index (κ1) is 105. The third kappa shape index (κ3) is 22.8. The molecule has 0 aliphatic carbocycles. The van der Waals surface area contributed by atoms with E-state index in [1.807, 2.05) is 0 Å². The second kappa shape index (κ2) is 45.6. The summed E-state index contributed by atoms with van der Waals surface area (Å²) in [7, 11) is 0. The van der Waals surface area contributed by atoms with Crippen LogP contribution in [0.15, 0.2) is 0 Å². The SMILES string of the molecule is CC(=O)N[C@@H]1[C@@H](O[C@@H]2O[C@@H](C)[C@@H](O)[C@@H](O)[C@@H]2O)[C@H](O[C@@H]2O[C@H](CO)[C@@H](O[C@@H]3O[C@H](CO[C@H]4O[C@H](CO[C@H]5O[C@H](CO)[C@@H](O)[C@H](O)[C@@H]5O)[C@@H](O)[C@H](O[C@H]5O[C@H](CO)[C@@H](O)[C@H](O)[C@@H]5O)[C@@H]4O)[C@@H](O)[C@H](O[C@H]4O[C@H](CO)[C@@H](O)[C@H](O)[C@@H]4O[C@@H]4O[C@H](CO)[C@@H](O)[C@H](O[C@@H]5O[C@H](CO)[C@H](O)[C@H](O)[C@H]5O)[C@H]4NC(C)=O)[C@@H]3O[C@@H]3OC[C@@H](O)[C@H](O)[C@H]3O)[C@H](O)[C@H]2NC(C)=O)[C@@H](CO)O[C@H]1O. The third-order valence-electron chi connectivity index (χ3n) is 23.7. The highest BCUT2D eigenvalue weighted by Crippen LogP contribution is 2.42. The smallest absolute Gasteiger partial charge is 0.217 e. The maximum Gasteiger partial charge on any atom is 0.217 e. The number of hydrogen-bond donors (Lipinski definition) is 33. The standard InChI is InChI=1S/C71H119N3O54/c1-15-32(86)42(96)49(103)67(111-15)124-56-30(73-17(3)83)61(107)112-26(11-81)54(56)122-62-29(72-16(2)82)41(95)53(25(10-80)118-62)121-71-60(128-65-47(101)33(87)19(85)12-108-65)58(126-70-59(46(100)37(91)23(8-78)117-70)127-63-31(74-18(4)84)55(38(92)24(9-79)113-63)123-68-50(104)44(98)35(89)21(6-76)115-68)40(94)28(120-71)14-110-66-52(106)57(125-69-51(105)45(99)36(90)22(7-77)116-69)39(93)27(119-66)13-109-64-48(102)43(97)34(88)20(5-75)114-64/h15,19-71,75-81,85-107H,5-14H2,1-4H3,(H,72,82)(H,73,83)(H,74,84)/t15-,19+,20+,21+,22+,23+,24+,25+,26+,27+,28+,29+,30+,31+,32+,33-,34+,35-,36+,37+,38+,39+,40+,41+,42+,43-,44-,45-,46-,47+,48-,49-,50+,51-,52-,53+,54+,55+,56+,57-,58-,59-,60-,61+,62-,63-,64-,65-,66-,67-,68-,69+,70+,71-/m0/s1. The zero-order valence-electron chi connectivity index (χ0n) is 68.5. The average Bonchev–Trinajstić information content (AvgIpc) is 0.761. The minimum Gasteiger partial charge on any atom is -0.394 e. The summed E-state index contributed by atoms with van der Waals surface area (Å²) in [4.78, 5) is 39.7. The summed E-state index contributed by atoms with van der Waals surface area (Å²) in [5.41, 5.74) is 0. The molecule has 0 spiro atoms. The second-order valence-corrected chi connectivity index (χ2v) is 32.6. The van der Waals surface area contributed by atoms with Gasteiger partial charge in [-0.15, -0.1) is 0 Å². The van der Waals surface area contributed by atoms with E-state index < -0.39 is 415 Å². The number of ether oxygens (including phenoxy) is 21. The molecule has 3 amide bonds. The lowest BCUT2D eigenvalue weighted by molar-refractivity contribution is -0.412. The first-order valence-corrected chi connectivity index (χ1v) is 40.9. The number of carbonyl (C=O) groups excluding carboxylic acids is 3. The summed E-state index contributed by atoms with van der Waals surface area (Å²) in [5.74, 6) is -2.97. The Kier molecular flexibility index (Phi) is 37.3. The molecule has 11 aliphatic heterocycles. The van der Waals surface area contributed by atoms with Gasteiger partial charge >= 0.3 is 0 Å². The van der Waals surface area contributed by atoms with Crippen LogP contribution in [0.2, 0.25) is 0 Å². The van der Waals surface area contributed by atoms with Crippen molar-refractivity contribution in [2.75, 3.05) is 66.1 Å². The fraction of sp³-hybridized carbons (Fsp3) is 0.958. The van der Waals surface area contributed by atoms with E-state index in [-0.39, 0.29) is 0 Å². The summed E-state index contributed by atoms with van der Waals surface area (Å²) in [6.07, 6.45) is -111. The molecule has 11 saturated heterocycles. The zero-order chi connectivity index (χ0) is 94.0. The molecule has 0 unspecified atom stereocenters. The van der Waals surface area contributed by atoms with Crippen molar-refractivity contribution in [2.45, 2.75) is 359 Å². The summed E-state index contributed by atoms with van der Waals surface area (Å²) >= 11 is 0. The van der Waals surface area contributed by atoms with Crippen molar-refractivity contribution < 1.29 is 267 Å². The lowest BCUT2D eigenvalue weighted by Gasteiger charge is -2.52. The monoisotopic (exact) mass is 1880 g/mol. The Bertz CT molecular complexity index is 3440. The minimum atomic E-state index is -2.66. The van der Waals surface area contributed by atoms with Crippen molar-refractivity contribution in [2.24, 2.45) is 0 Å². The van der Waals surface area contributed by atoms with E-state index in [0.717, 1.165) is 20.8 Å². The van der Waals surface area contributed by atoms with Crippen LogP contribution in [0.1, 0.15) is 27.7 Å². The van der Waals surface area contributed by atoms with Gasteiger partial charge in [-0.05, 0) is 6.92 Å². The topological polar surface area (TPSA) is 888 Å². The molecule has 0 aromatic heterocycles. The fourth-order valence-corrected chi connectivity index (χ4v) is 16.5. The van der Waals surface area contributed by atoms with Gasteiger partial charge in [0.2, 0.25) is 17.7 Å². The molecule has 54 atom stereocenters. The maximum atomic E-state index is 13.5. The third-order valence-corrected chi connectivity index (χ3v) is 23.7. The van der Waals surface area contributed by atoms with Gasteiger partial charge in [-0.25, -0.2) is 0 Å². The van der Waals surface area contributed by atoms with Crippen LogP contribution in [0.4, 0.5) is 0 Å². The van der Waals surface area contributed by atoms with Gasteiger partial charge in [0, 0.05) is 20.8 Å². The summed E-state index contributed by atoms with van der Waals surface area (Å²) in [6, 6.07) is -6.00. The Labute approximate surface area is 724 Å². The molecule has 128 heavy (non-hydrogen) atoms. The largest absolute Gasteiger partial charge is 0.394 e. The van der Waals surface area contributed by atoms with Gasteiger partial charge in [0.25, 0.3) is 0 Å². The Morgan fingerprint density at radius 3 is 1.10 bits per heavy atom. The molecule has 0 radical (unpaired) electrons. The summed E-state index contributed by atoms with van der Waals surface area (Å²) in [6.45, 7) is -7.41. The highest BCUT2D eigenvalue weighted by atomic mass is 16.8. The normalized spacial score (nSPS) is 51.0. The van der Waals surface area contributed by atoms with Crippen molar-refractivity contribution in [1.82, 2.24) is 16.0 Å². The summed E-state index contributed by atoms with van der Waals surface area (Å²) < 4.78 is 126. The van der Waals surface area contributed by atoms with E-state index in [4.69, 9.17) is 99.5 Å². The zero-order valence-corrected chi connectivity index (χ0v) is 68.5. The van der Waals surface area contributed by atoms with E-state index in [0.29, 0.717) is 0 Å². The average molecular weight is 1880 g/mol. The van der Waals surface area contributed by atoms with Gasteiger partial charge < -0.3 is 269 Å². The van der Waals surface area contributed by atoms with E-state index in [2.05, 4.69) is 16.0 Å². The number of nitrogens with one attached hydrogen (secondary N) is 3. The van der Waals surface area contributed by atoms with Crippen molar-refractivity contribution in [3.63, 3.8) is 0 Å². The Morgan fingerprint density at radius 2 is 0.578 bits per heavy atom. The molecule has 11 aliphatic rings. The minimum absolute atomic E-state index is 0.887. The Balaban J connectivity index is 1.01. The molecule has 0 saturated carbocycles. The lowest BCUT2D eigenvalue weighted by atomic mass is 9.93. The van der Waals surface area contributed by atoms with Gasteiger partial charge in [0.05, 0.1) is 72.2 Å². The number of rotatable bonds is 32. The molecule has 742 valence electrons. The van der Waals surface area contributed by atoms with Gasteiger partial charge in [-0.1, -0.05) is 0 Å². The van der Waals surface area contributed by atoms with Crippen molar-refractivity contribution >= 4 is 17.7 Å². The van der Waals surface area contributed by atoms with Crippen LogP contribution in [-0.4, -0.2) is 568 Å². The van der Waals surface area contributed by atoms with Crippen LogP contribution in [0.5, 0.6) is 0 Å². The van der Waals surface area contributed by atoms with Crippen LogP contribution >= 0.6 is 0 Å². The molecular formula is C71H119N3O54. The summed E-state index contributed by atoms with van der Waals surface area (Å²) in [5, 5.41) is 343. The van der Waals surface area contributed by atoms with Crippen molar-refractivity contribution in [1.29, 1.82) is 0 Å². The predicted molar refractivity (Wildman–Crippen MR) is 390 cm³/mol. The van der Waals surface area contributed by atoms with Crippen LogP contribution in [0.25, 0.3) is 0 Å². The number of amides is 3. The van der Waals surface area contributed by atoms with E-state index in [9.17, 15) is 168 Å². The lowest BCUT2D eigenvalue weighted by Crippen LogP contribution is -2.72. The van der Waals surface area contributed by atoms with E-state index in [1.54, 1.807) is 0 Å². The fourth-order valence-electron chi connectivity index (χ4n) is 16.5. The van der Waals surface area contributed by atoms with Gasteiger partial charge in [0.15, 0.2) is 69.2 Å². The highest BCUT2D eigenvalue weighted by Gasteiger charge is 2.63. The molecule has 0 aromatic rings. The van der Waals surface area contributed by atoms with Crippen molar-refractivity contribution in [3.05, 3.63) is 0 Å². The number of aliphatic hydroxyl groups is 30. The van der Waals surface area contributed by atoms with Crippen LogP contribution in [0.3, 0.4) is 0 Å². The van der Waals surface area contributed by atoms with Crippen LogP contribution < -0.4 is 16.0 Å². The Morgan fingerprint density at radius 1 is 0.250 bits per heavy atom. The highest BCUT2D eigenvalue weighted by molar-refractivity contribution is 5.74. The van der Waals surface area contributed by atoms with Crippen molar-refractivity contribution in [3.8, 4) is 0 Å². The van der Waals surface area contributed by atoms with Crippen LogP contribution in [0, 0.1) is 0 Å². The molecule has 0 aromatic carbocycles. The van der Waals surface area contributed by atoms with E-state index >= 15 is 0 Å². The molecule has 11 rings (SSSR count). The predicted octanol–water partition coefficient (Wildman–Crippen LogP) is -22.9. The van der Waals surface area contributed by atoms with Gasteiger partial charge in [0.1, 0.15) is 256 Å². The molecular weight excluding hydrogens is 1760 g/mol. The first-order valence-electron chi connectivity index (χ1n) is 40.9. The number of carbonyl (C=O) groups is 3. The second-order valence-electron chi connectivity index (χ2n) is 32.6. The molecule has 11 heterocycles. The molecule has 33 N–H and O–H groups in total.